The van der Waals surface area contributed by atoms with Crippen LogP contribution in [0.2, 0.25) is 0 Å². The molecule has 1 saturated carbocycles. The number of anilines is 3. The number of rotatable bonds is 4. The molecule has 3 aliphatic rings. The van der Waals surface area contributed by atoms with Crippen molar-refractivity contribution in [1.29, 1.82) is 0 Å². The van der Waals surface area contributed by atoms with Gasteiger partial charge in [0.25, 0.3) is 11.9 Å². The van der Waals surface area contributed by atoms with E-state index in [1.54, 1.807) is 19.1 Å². The molecule has 7 heteroatoms. The van der Waals surface area contributed by atoms with E-state index in [0.29, 0.717) is 28.6 Å². The minimum absolute atomic E-state index is 0.261. The number of hydrogen-bond acceptors (Lipinski definition) is 5. The number of carbonyl (C=O) groups excluding carboxylic acids is 1. The van der Waals surface area contributed by atoms with E-state index in [0.717, 1.165) is 39.0 Å². The smallest absolute Gasteiger partial charge is 0.298 e. The fourth-order valence-corrected chi connectivity index (χ4v) is 4.58. The topological polar surface area (TPSA) is 61.6 Å². The van der Waals surface area contributed by atoms with Gasteiger partial charge in [-0.05, 0) is 69.1 Å². The summed E-state index contributed by atoms with van der Waals surface area (Å²) in [4.78, 5) is 21.4. The molecule has 0 radical (unpaired) electrons. The lowest BCUT2D eigenvalue weighted by Crippen LogP contribution is -2.30. The molecule has 1 aromatic heterocycles. The van der Waals surface area contributed by atoms with E-state index in [2.05, 4.69) is 20.1 Å². The van der Waals surface area contributed by atoms with E-state index in [-0.39, 0.29) is 17.4 Å². The monoisotopic (exact) mass is 398 g/mol. The standard InChI is InChI=1S/C22H27FN4O2/c1-15-19(25-21(29-15)27-12-9-22(14-27)7-8-22)20(28)24-16-5-6-18(17(23)13-16)26-10-3-2-4-11-26/h5-6,13H,2-4,7-12,14H2,1H3,(H,24,28). The maximum atomic E-state index is 14.6. The second-order valence-electron chi connectivity index (χ2n) is 8.74. The molecule has 5 rings (SSSR count). The highest BCUT2D eigenvalue weighted by Crippen LogP contribution is 2.53. The van der Waals surface area contributed by atoms with Crippen LogP contribution in [0.4, 0.5) is 21.8 Å². The Hall–Kier alpha value is -2.57. The van der Waals surface area contributed by atoms with Gasteiger partial charge >= 0.3 is 0 Å². The molecule has 154 valence electrons. The SMILES string of the molecule is Cc1oc(N2CCC3(CC3)C2)nc1C(=O)Nc1ccc(N2CCCCC2)c(F)c1. The van der Waals surface area contributed by atoms with Crippen LogP contribution in [0, 0.1) is 18.2 Å². The van der Waals surface area contributed by atoms with Crippen LogP contribution in [0.15, 0.2) is 22.6 Å². The molecule has 1 aromatic carbocycles. The number of benzene rings is 1. The van der Waals surface area contributed by atoms with Crippen molar-refractivity contribution >= 4 is 23.3 Å². The first-order chi connectivity index (χ1) is 14.0. The average Bonchev–Trinajstić information content (AvgIpc) is 3.15. The summed E-state index contributed by atoms with van der Waals surface area (Å²) in [5.74, 6) is -0.198. The van der Waals surface area contributed by atoms with E-state index in [9.17, 15) is 9.18 Å². The van der Waals surface area contributed by atoms with Crippen LogP contribution < -0.4 is 15.1 Å². The molecule has 6 nitrogen and oxygen atoms in total. The minimum atomic E-state index is -0.372. The van der Waals surface area contributed by atoms with Crippen LogP contribution in [0.1, 0.15) is 54.8 Å². The summed E-state index contributed by atoms with van der Waals surface area (Å²) in [6.45, 7) is 5.37. The Kier molecular flexibility index (Phi) is 4.48. The third kappa shape index (κ3) is 3.58. The summed E-state index contributed by atoms with van der Waals surface area (Å²) in [5, 5.41) is 2.76. The summed E-state index contributed by atoms with van der Waals surface area (Å²) in [7, 11) is 0. The summed E-state index contributed by atoms with van der Waals surface area (Å²) in [6, 6.07) is 5.40. The molecule has 2 aromatic rings. The van der Waals surface area contributed by atoms with Gasteiger partial charge in [-0.2, -0.15) is 4.98 Å². The van der Waals surface area contributed by atoms with Gasteiger partial charge in [-0.3, -0.25) is 4.79 Å². The van der Waals surface area contributed by atoms with Gasteiger partial charge in [0.15, 0.2) is 5.69 Å². The summed E-state index contributed by atoms with van der Waals surface area (Å²) >= 11 is 0. The molecule has 0 bridgehead atoms. The Labute approximate surface area is 170 Å². The van der Waals surface area contributed by atoms with Crippen LogP contribution >= 0.6 is 0 Å². The molecule has 1 N–H and O–H groups in total. The molecular weight excluding hydrogens is 371 g/mol. The van der Waals surface area contributed by atoms with Gasteiger partial charge in [0.1, 0.15) is 11.6 Å². The van der Waals surface area contributed by atoms with Crippen molar-refractivity contribution in [3.63, 3.8) is 0 Å². The quantitative estimate of drug-likeness (QED) is 0.829. The Morgan fingerprint density at radius 1 is 1.14 bits per heavy atom. The van der Waals surface area contributed by atoms with Crippen molar-refractivity contribution in [2.75, 3.05) is 41.3 Å². The van der Waals surface area contributed by atoms with Gasteiger partial charge in [0.05, 0.1) is 5.69 Å². The van der Waals surface area contributed by atoms with Gasteiger partial charge in [0, 0.05) is 31.9 Å². The summed E-state index contributed by atoms with van der Waals surface area (Å²) < 4.78 is 20.4. The van der Waals surface area contributed by atoms with E-state index in [4.69, 9.17) is 4.42 Å². The molecule has 29 heavy (non-hydrogen) atoms. The van der Waals surface area contributed by atoms with Gasteiger partial charge in [-0.25, -0.2) is 4.39 Å². The van der Waals surface area contributed by atoms with Crippen LogP contribution in [0.3, 0.4) is 0 Å². The van der Waals surface area contributed by atoms with Gasteiger partial charge in [0.2, 0.25) is 0 Å². The number of amides is 1. The zero-order valence-corrected chi connectivity index (χ0v) is 16.8. The first-order valence-electron chi connectivity index (χ1n) is 10.6. The second kappa shape index (κ2) is 7.04. The number of nitrogens with one attached hydrogen (secondary N) is 1. The highest BCUT2D eigenvalue weighted by atomic mass is 19.1. The lowest BCUT2D eigenvalue weighted by atomic mass is 10.1. The lowest BCUT2D eigenvalue weighted by Gasteiger charge is -2.29. The summed E-state index contributed by atoms with van der Waals surface area (Å²) in [5.41, 5.74) is 1.75. The van der Waals surface area contributed by atoms with Gasteiger partial charge < -0.3 is 19.5 Å². The zero-order valence-electron chi connectivity index (χ0n) is 16.8. The lowest BCUT2D eigenvalue weighted by molar-refractivity contribution is 0.102. The number of carbonyl (C=O) groups is 1. The molecule has 0 atom stereocenters. The Morgan fingerprint density at radius 3 is 2.62 bits per heavy atom. The molecule has 2 aliphatic heterocycles. The van der Waals surface area contributed by atoms with E-state index in [1.807, 2.05) is 0 Å². The van der Waals surface area contributed by atoms with Crippen LogP contribution in [0.25, 0.3) is 0 Å². The molecule has 1 amide bonds. The predicted molar refractivity (Wildman–Crippen MR) is 110 cm³/mol. The third-order valence-electron chi connectivity index (χ3n) is 6.57. The molecule has 0 unspecified atom stereocenters. The maximum Gasteiger partial charge on any atom is 0.298 e. The van der Waals surface area contributed by atoms with Crippen molar-refractivity contribution in [2.24, 2.45) is 5.41 Å². The van der Waals surface area contributed by atoms with Crippen molar-refractivity contribution in [1.82, 2.24) is 4.98 Å². The summed E-state index contributed by atoms with van der Waals surface area (Å²) in [6.07, 6.45) is 7.08. The first kappa shape index (κ1) is 18.5. The maximum absolute atomic E-state index is 14.6. The Morgan fingerprint density at radius 2 is 1.93 bits per heavy atom. The minimum Gasteiger partial charge on any atom is -0.428 e. The largest absolute Gasteiger partial charge is 0.428 e. The van der Waals surface area contributed by atoms with E-state index < -0.39 is 0 Å². The fraction of sp³-hybridized carbons (Fsp3) is 0.545. The number of nitrogens with zero attached hydrogens (tertiary/aromatic N) is 3. The van der Waals surface area contributed by atoms with Crippen molar-refractivity contribution in [3.8, 4) is 0 Å². The van der Waals surface area contributed by atoms with Crippen LogP contribution in [0.5, 0.6) is 0 Å². The number of aryl methyl sites for hydroxylation is 1. The van der Waals surface area contributed by atoms with Crippen molar-refractivity contribution in [3.05, 3.63) is 35.5 Å². The molecule has 1 spiro atoms. The van der Waals surface area contributed by atoms with E-state index >= 15 is 0 Å². The molecule has 1 aliphatic carbocycles. The molecule has 3 heterocycles. The van der Waals surface area contributed by atoms with Crippen molar-refractivity contribution < 1.29 is 13.6 Å². The Bertz CT molecular complexity index is 931. The number of hydrogen-bond donors (Lipinski definition) is 1. The molecule has 2 saturated heterocycles. The van der Waals surface area contributed by atoms with Crippen molar-refractivity contribution in [2.45, 2.75) is 45.4 Å². The second-order valence-corrected chi connectivity index (χ2v) is 8.74. The number of halogens is 1. The normalized spacial score (nSPS) is 20.3. The average molecular weight is 398 g/mol. The highest BCUT2D eigenvalue weighted by molar-refractivity contribution is 6.03. The zero-order chi connectivity index (χ0) is 20.0. The Balaban J connectivity index is 1.28. The molecular formula is C22H27FN4O2. The fourth-order valence-electron chi connectivity index (χ4n) is 4.58. The number of oxazole rings is 1. The number of piperidine rings is 1. The predicted octanol–water partition coefficient (Wildman–Crippen LogP) is 4.36. The highest BCUT2D eigenvalue weighted by Gasteiger charge is 2.48. The van der Waals surface area contributed by atoms with Crippen LogP contribution in [-0.2, 0) is 0 Å². The van der Waals surface area contributed by atoms with Crippen LogP contribution in [-0.4, -0.2) is 37.1 Å². The van der Waals surface area contributed by atoms with Gasteiger partial charge in [-0.1, -0.05) is 0 Å². The van der Waals surface area contributed by atoms with E-state index in [1.165, 1.54) is 31.7 Å². The number of aromatic nitrogens is 1. The molecule has 3 fully saturated rings. The third-order valence-corrected chi connectivity index (χ3v) is 6.57. The van der Waals surface area contributed by atoms with Gasteiger partial charge in [-0.15, -0.1) is 0 Å². The first-order valence-corrected chi connectivity index (χ1v) is 10.6.